The van der Waals surface area contributed by atoms with Gasteiger partial charge in [0.1, 0.15) is 5.84 Å². The zero-order valence-electron chi connectivity index (χ0n) is 15.0. The van der Waals surface area contributed by atoms with Crippen LogP contribution in [-0.2, 0) is 0 Å². The number of thiophene rings is 1. The Morgan fingerprint density at radius 1 is 1.11 bits per heavy atom. The summed E-state index contributed by atoms with van der Waals surface area (Å²) in [6, 6.07) is 12.8. The smallest absolute Gasteiger partial charge is 0.252 e. The molecule has 28 heavy (non-hydrogen) atoms. The normalized spacial score (nSPS) is 12.5. The maximum atomic E-state index is 12.5. The summed E-state index contributed by atoms with van der Waals surface area (Å²) in [5.41, 5.74) is 7.46. The van der Waals surface area contributed by atoms with Crippen LogP contribution in [0, 0.1) is 0 Å². The number of phenolic OH excluding ortho intramolecular Hbond substituents is 3. The van der Waals surface area contributed by atoms with Gasteiger partial charge in [0.2, 0.25) is 0 Å². The second kappa shape index (κ2) is 8.01. The Labute approximate surface area is 165 Å². The maximum absolute atomic E-state index is 12.5. The number of carbonyl (C=O) groups is 1. The molecule has 0 saturated carbocycles. The third-order valence-corrected chi connectivity index (χ3v) is 4.99. The van der Waals surface area contributed by atoms with Gasteiger partial charge in [-0.2, -0.15) is 0 Å². The zero-order chi connectivity index (χ0) is 20.3. The first-order chi connectivity index (χ1) is 13.4. The standard InChI is InChI=1S/C20H19N3O4S/c1-11(22-20(27)12-9-15(24)18(26)16(25)10-12)13-5-2-3-6-14(13)23-19(21)17-7-4-8-28-17/h2-11,24-26H,1H3,(H2,21,23)(H,22,27). The molecule has 0 radical (unpaired) electrons. The van der Waals surface area contributed by atoms with Gasteiger partial charge in [-0.25, -0.2) is 4.99 Å². The van der Waals surface area contributed by atoms with E-state index in [0.29, 0.717) is 11.5 Å². The molecule has 0 bridgehead atoms. The third-order valence-electron chi connectivity index (χ3n) is 4.10. The molecule has 0 spiro atoms. The van der Waals surface area contributed by atoms with Gasteiger partial charge in [-0.1, -0.05) is 24.3 Å². The van der Waals surface area contributed by atoms with Crippen LogP contribution in [0.25, 0.3) is 0 Å². The van der Waals surface area contributed by atoms with Crippen molar-refractivity contribution < 1.29 is 20.1 Å². The molecule has 1 atom stereocenters. The molecule has 6 N–H and O–H groups in total. The lowest BCUT2D eigenvalue weighted by atomic mass is 10.1. The number of carbonyl (C=O) groups excluding carboxylic acids is 1. The highest BCUT2D eigenvalue weighted by atomic mass is 32.1. The molecule has 1 amide bonds. The minimum atomic E-state index is -0.673. The fourth-order valence-electron chi connectivity index (χ4n) is 2.66. The number of para-hydroxylation sites is 1. The SMILES string of the molecule is CC(NC(=O)c1cc(O)c(O)c(O)c1)c1ccccc1N=C(N)c1cccs1. The van der Waals surface area contributed by atoms with Crippen molar-refractivity contribution >= 4 is 28.8 Å². The Morgan fingerprint density at radius 3 is 2.43 bits per heavy atom. The highest BCUT2D eigenvalue weighted by Crippen LogP contribution is 2.35. The number of benzene rings is 2. The second-order valence-corrected chi connectivity index (χ2v) is 7.04. The number of phenols is 3. The van der Waals surface area contributed by atoms with Crippen molar-refractivity contribution in [2.75, 3.05) is 0 Å². The van der Waals surface area contributed by atoms with Gasteiger partial charge in [0.15, 0.2) is 17.2 Å². The average molecular weight is 397 g/mol. The number of aromatic hydroxyl groups is 3. The lowest BCUT2D eigenvalue weighted by Crippen LogP contribution is -2.26. The number of nitrogens with one attached hydrogen (secondary N) is 1. The summed E-state index contributed by atoms with van der Waals surface area (Å²) < 4.78 is 0. The Balaban J connectivity index is 1.84. The summed E-state index contributed by atoms with van der Waals surface area (Å²) >= 11 is 1.48. The van der Waals surface area contributed by atoms with Crippen molar-refractivity contribution in [3.63, 3.8) is 0 Å². The van der Waals surface area contributed by atoms with Crippen LogP contribution in [0.2, 0.25) is 0 Å². The number of nitrogens with zero attached hydrogens (tertiary/aromatic N) is 1. The van der Waals surface area contributed by atoms with E-state index in [-0.39, 0.29) is 5.56 Å². The molecule has 0 aliphatic carbocycles. The minimum absolute atomic E-state index is 0.0127. The molecule has 1 heterocycles. The molecule has 1 aromatic heterocycles. The van der Waals surface area contributed by atoms with Crippen LogP contribution < -0.4 is 11.1 Å². The van der Waals surface area contributed by atoms with Gasteiger partial charge in [0.25, 0.3) is 5.91 Å². The van der Waals surface area contributed by atoms with Gasteiger partial charge in [0.05, 0.1) is 16.6 Å². The molecule has 3 aromatic rings. The van der Waals surface area contributed by atoms with Gasteiger partial charge in [-0.3, -0.25) is 4.79 Å². The van der Waals surface area contributed by atoms with E-state index < -0.39 is 29.2 Å². The van der Waals surface area contributed by atoms with Gasteiger partial charge in [0, 0.05) is 5.56 Å². The van der Waals surface area contributed by atoms with Crippen molar-refractivity contribution in [2.45, 2.75) is 13.0 Å². The quantitative estimate of drug-likeness (QED) is 0.256. The summed E-state index contributed by atoms with van der Waals surface area (Å²) in [5.74, 6) is -1.97. The van der Waals surface area contributed by atoms with Crippen molar-refractivity contribution in [1.29, 1.82) is 0 Å². The Morgan fingerprint density at radius 2 is 1.79 bits per heavy atom. The van der Waals surface area contributed by atoms with Gasteiger partial charge >= 0.3 is 0 Å². The van der Waals surface area contributed by atoms with Crippen LogP contribution in [0.3, 0.4) is 0 Å². The first kappa shape index (κ1) is 19.2. The lowest BCUT2D eigenvalue weighted by Gasteiger charge is -2.17. The number of amidine groups is 1. The van der Waals surface area contributed by atoms with Crippen LogP contribution >= 0.6 is 11.3 Å². The van der Waals surface area contributed by atoms with Crippen LogP contribution in [0.5, 0.6) is 17.2 Å². The molecule has 144 valence electrons. The van der Waals surface area contributed by atoms with E-state index in [4.69, 9.17) is 5.73 Å². The van der Waals surface area contributed by atoms with Crippen LogP contribution in [0.1, 0.15) is 33.8 Å². The third kappa shape index (κ3) is 4.07. The second-order valence-electron chi connectivity index (χ2n) is 6.09. The van der Waals surface area contributed by atoms with E-state index in [1.165, 1.54) is 11.3 Å². The highest BCUT2D eigenvalue weighted by Gasteiger charge is 2.17. The molecule has 0 aliphatic heterocycles. The fraction of sp³-hybridized carbons (Fsp3) is 0.100. The van der Waals surface area contributed by atoms with Crippen molar-refractivity contribution in [3.8, 4) is 17.2 Å². The topological polar surface area (TPSA) is 128 Å². The lowest BCUT2D eigenvalue weighted by molar-refractivity contribution is 0.0939. The molecular weight excluding hydrogens is 378 g/mol. The van der Waals surface area contributed by atoms with Gasteiger partial charge < -0.3 is 26.4 Å². The van der Waals surface area contributed by atoms with E-state index in [1.54, 1.807) is 13.0 Å². The largest absolute Gasteiger partial charge is 0.504 e. The molecule has 0 fully saturated rings. The average Bonchev–Trinajstić information content (AvgIpc) is 3.21. The molecule has 0 saturated heterocycles. The number of aliphatic imine (C=N–C) groups is 1. The van der Waals surface area contributed by atoms with Crippen LogP contribution in [0.15, 0.2) is 58.9 Å². The Bertz CT molecular complexity index is 1010. The van der Waals surface area contributed by atoms with Crippen LogP contribution in [0.4, 0.5) is 5.69 Å². The van der Waals surface area contributed by atoms with Crippen LogP contribution in [-0.4, -0.2) is 27.1 Å². The van der Waals surface area contributed by atoms with Crippen molar-refractivity contribution in [1.82, 2.24) is 5.32 Å². The predicted molar refractivity (Wildman–Crippen MR) is 108 cm³/mol. The van der Waals surface area contributed by atoms with E-state index in [0.717, 1.165) is 22.6 Å². The number of hydrogen-bond acceptors (Lipinski definition) is 6. The summed E-state index contributed by atoms with van der Waals surface area (Å²) in [7, 11) is 0. The molecular formula is C20H19N3O4S. The highest BCUT2D eigenvalue weighted by molar-refractivity contribution is 7.12. The maximum Gasteiger partial charge on any atom is 0.252 e. The number of hydrogen-bond donors (Lipinski definition) is 5. The molecule has 8 heteroatoms. The number of rotatable bonds is 5. The zero-order valence-corrected chi connectivity index (χ0v) is 15.8. The summed E-state index contributed by atoms with van der Waals surface area (Å²) in [6.45, 7) is 1.79. The van der Waals surface area contributed by atoms with E-state index >= 15 is 0 Å². The minimum Gasteiger partial charge on any atom is -0.504 e. The number of nitrogens with two attached hydrogens (primary N) is 1. The molecule has 2 aromatic carbocycles. The predicted octanol–water partition coefficient (Wildman–Crippen LogP) is 3.39. The summed E-state index contributed by atoms with van der Waals surface area (Å²) in [4.78, 5) is 17.8. The van der Waals surface area contributed by atoms with E-state index in [1.807, 2.05) is 35.7 Å². The van der Waals surface area contributed by atoms with Gasteiger partial charge in [-0.05, 0) is 42.1 Å². The van der Waals surface area contributed by atoms with E-state index in [9.17, 15) is 20.1 Å². The fourth-order valence-corrected chi connectivity index (χ4v) is 3.28. The summed E-state index contributed by atoms with van der Waals surface area (Å²) in [5, 5.41) is 33.3. The van der Waals surface area contributed by atoms with Crippen molar-refractivity contribution in [2.24, 2.45) is 10.7 Å². The molecule has 1 unspecified atom stereocenters. The van der Waals surface area contributed by atoms with Crippen molar-refractivity contribution in [3.05, 3.63) is 69.9 Å². The first-order valence-electron chi connectivity index (χ1n) is 8.39. The Kier molecular flexibility index (Phi) is 5.51. The van der Waals surface area contributed by atoms with E-state index in [2.05, 4.69) is 10.3 Å². The van der Waals surface area contributed by atoms with Gasteiger partial charge in [-0.15, -0.1) is 11.3 Å². The number of amides is 1. The summed E-state index contributed by atoms with van der Waals surface area (Å²) in [6.07, 6.45) is 0. The molecule has 7 nitrogen and oxygen atoms in total. The first-order valence-corrected chi connectivity index (χ1v) is 9.27. The molecule has 0 aliphatic rings. The Hall–Kier alpha value is -3.52. The monoisotopic (exact) mass is 397 g/mol. The molecule has 3 rings (SSSR count).